The van der Waals surface area contributed by atoms with Crippen LogP contribution in [0.5, 0.6) is 0 Å². The van der Waals surface area contributed by atoms with Crippen molar-refractivity contribution in [1.29, 1.82) is 0 Å². The number of carbonyl (C=O) groups excluding carboxylic acids is 2. The van der Waals surface area contributed by atoms with Crippen LogP contribution in [0.2, 0.25) is 0 Å². The Morgan fingerprint density at radius 3 is 2.67 bits per heavy atom. The van der Waals surface area contributed by atoms with Crippen molar-refractivity contribution in [1.82, 2.24) is 0 Å². The fraction of sp³-hybridized carbons (Fsp3) is 0.636. The third kappa shape index (κ3) is 2.65. The molecule has 0 N–H and O–H groups in total. The number of allylic oxidation sites excluding steroid dienone is 1. The molecule has 0 saturated carbocycles. The van der Waals surface area contributed by atoms with Gasteiger partial charge in [0.05, 0.1) is 20.1 Å². The Hall–Kier alpha value is -1.16. The number of ketones is 1. The van der Waals surface area contributed by atoms with Gasteiger partial charge in [-0.05, 0) is 13.3 Å². The number of hydrogen-bond donors (Lipinski definition) is 0. The molecule has 0 spiro atoms. The van der Waals surface area contributed by atoms with E-state index in [2.05, 4.69) is 4.74 Å². The quantitative estimate of drug-likeness (QED) is 0.655. The molecule has 0 unspecified atom stereocenters. The second kappa shape index (κ2) is 5.07. The van der Waals surface area contributed by atoms with E-state index in [1.165, 1.54) is 7.11 Å². The van der Waals surface area contributed by atoms with Gasteiger partial charge in [0.15, 0.2) is 5.78 Å². The molecule has 1 aliphatic carbocycles. The Morgan fingerprint density at radius 2 is 2.13 bits per heavy atom. The van der Waals surface area contributed by atoms with Crippen LogP contribution in [0.3, 0.4) is 0 Å². The summed E-state index contributed by atoms with van der Waals surface area (Å²) >= 11 is 0. The fourth-order valence-electron chi connectivity index (χ4n) is 1.83. The topological polar surface area (TPSA) is 52.6 Å². The van der Waals surface area contributed by atoms with Gasteiger partial charge in [0, 0.05) is 18.6 Å². The second-order valence-corrected chi connectivity index (χ2v) is 3.74. The lowest BCUT2D eigenvalue weighted by molar-refractivity contribution is -0.143. The van der Waals surface area contributed by atoms with Crippen LogP contribution < -0.4 is 0 Å². The Balaban J connectivity index is 2.63. The van der Waals surface area contributed by atoms with Crippen molar-refractivity contribution in [3.63, 3.8) is 0 Å². The standard InChI is InChI=1S/C11H16O4/c1-7-4-8(5-10(12)15-3)11(13)9(7)6-14-2/h8H,4-6H2,1-3H3/t8-/m1/s1. The van der Waals surface area contributed by atoms with Crippen molar-refractivity contribution in [3.8, 4) is 0 Å². The fourth-order valence-corrected chi connectivity index (χ4v) is 1.83. The summed E-state index contributed by atoms with van der Waals surface area (Å²) in [4.78, 5) is 22.9. The zero-order valence-corrected chi connectivity index (χ0v) is 9.33. The molecule has 84 valence electrons. The van der Waals surface area contributed by atoms with Crippen molar-refractivity contribution in [3.05, 3.63) is 11.1 Å². The third-order valence-corrected chi connectivity index (χ3v) is 2.67. The summed E-state index contributed by atoms with van der Waals surface area (Å²) in [5.74, 6) is -0.554. The Bertz CT molecular complexity index is 304. The Labute approximate surface area is 89.2 Å². The summed E-state index contributed by atoms with van der Waals surface area (Å²) in [6, 6.07) is 0. The molecular formula is C11H16O4. The lowest BCUT2D eigenvalue weighted by Crippen LogP contribution is -2.17. The van der Waals surface area contributed by atoms with Gasteiger partial charge in [-0.1, -0.05) is 5.57 Å². The monoisotopic (exact) mass is 212 g/mol. The summed E-state index contributed by atoms with van der Waals surface area (Å²) in [5.41, 5.74) is 1.74. The average Bonchev–Trinajstić information content (AvgIpc) is 2.46. The van der Waals surface area contributed by atoms with Gasteiger partial charge in [0.25, 0.3) is 0 Å². The van der Waals surface area contributed by atoms with Crippen molar-refractivity contribution in [2.24, 2.45) is 5.92 Å². The predicted octanol–water partition coefficient (Wildman–Crippen LogP) is 1.10. The normalized spacial score (nSPS) is 21.0. The van der Waals surface area contributed by atoms with Crippen LogP contribution in [0.25, 0.3) is 0 Å². The van der Waals surface area contributed by atoms with E-state index in [0.29, 0.717) is 18.6 Å². The lowest BCUT2D eigenvalue weighted by Gasteiger charge is -2.06. The van der Waals surface area contributed by atoms with Crippen LogP contribution in [0.15, 0.2) is 11.1 Å². The van der Waals surface area contributed by atoms with E-state index < -0.39 is 0 Å². The zero-order chi connectivity index (χ0) is 11.4. The van der Waals surface area contributed by atoms with Crippen LogP contribution >= 0.6 is 0 Å². The number of ether oxygens (including phenoxy) is 2. The summed E-state index contributed by atoms with van der Waals surface area (Å²) < 4.78 is 9.50. The molecule has 0 fully saturated rings. The third-order valence-electron chi connectivity index (χ3n) is 2.67. The summed E-state index contributed by atoms with van der Waals surface area (Å²) in [6.07, 6.45) is 0.812. The number of Topliss-reactive ketones (excluding diaryl/α,β-unsaturated/α-hetero) is 1. The van der Waals surface area contributed by atoms with Crippen LogP contribution in [0.1, 0.15) is 19.8 Å². The highest BCUT2D eigenvalue weighted by atomic mass is 16.5. The number of methoxy groups -OCH3 is 2. The molecule has 0 aliphatic heterocycles. The molecule has 0 saturated heterocycles. The van der Waals surface area contributed by atoms with E-state index in [1.807, 2.05) is 6.92 Å². The molecular weight excluding hydrogens is 196 g/mol. The first-order valence-electron chi connectivity index (χ1n) is 4.88. The van der Waals surface area contributed by atoms with Gasteiger partial charge in [-0.2, -0.15) is 0 Å². The smallest absolute Gasteiger partial charge is 0.306 e. The van der Waals surface area contributed by atoms with E-state index in [1.54, 1.807) is 7.11 Å². The van der Waals surface area contributed by atoms with Crippen molar-refractivity contribution in [2.75, 3.05) is 20.8 Å². The molecule has 0 bridgehead atoms. The molecule has 15 heavy (non-hydrogen) atoms. The van der Waals surface area contributed by atoms with Crippen LogP contribution in [0, 0.1) is 5.92 Å². The second-order valence-electron chi connectivity index (χ2n) is 3.74. The first-order chi connectivity index (χ1) is 7.10. The maximum Gasteiger partial charge on any atom is 0.306 e. The molecule has 4 heteroatoms. The minimum Gasteiger partial charge on any atom is -0.469 e. The minimum absolute atomic E-state index is 0.0275. The number of hydrogen-bond acceptors (Lipinski definition) is 4. The van der Waals surface area contributed by atoms with Gasteiger partial charge in [-0.3, -0.25) is 9.59 Å². The zero-order valence-electron chi connectivity index (χ0n) is 9.33. The van der Waals surface area contributed by atoms with E-state index in [-0.39, 0.29) is 24.1 Å². The van der Waals surface area contributed by atoms with Crippen LogP contribution in [-0.2, 0) is 19.1 Å². The molecule has 0 aromatic rings. The molecule has 0 amide bonds. The predicted molar refractivity (Wildman–Crippen MR) is 54.3 cm³/mol. The van der Waals surface area contributed by atoms with E-state index in [9.17, 15) is 9.59 Å². The first kappa shape index (κ1) is 11.9. The highest BCUT2D eigenvalue weighted by Crippen LogP contribution is 2.30. The summed E-state index contributed by atoms with van der Waals surface area (Å²) in [6.45, 7) is 2.24. The Morgan fingerprint density at radius 1 is 1.47 bits per heavy atom. The molecule has 0 radical (unpaired) electrons. The van der Waals surface area contributed by atoms with Gasteiger partial charge in [0.2, 0.25) is 0 Å². The van der Waals surface area contributed by atoms with E-state index >= 15 is 0 Å². The Kier molecular flexibility index (Phi) is 4.03. The van der Waals surface area contributed by atoms with Gasteiger partial charge in [-0.15, -0.1) is 0 Å². The van der Waals surface area contributed by atoms with Gasteiger partial charge in [0.1, 0.15) is 0 Å². The summed E-state index contributed by atoms with van der Waals surface area (Å²) in [7, 11) is 2.89. The van der Waals surface area contributed by atoms with Gasteiger partial charge < -0.3 is 9.47 Å². The SMILES string of the molecule is COCC1=C(C)C[C@H](CC(=O)OC)C1=O. The average molecular weight is 212 g/mol. The molecule has 0 aromatic carbocycles. The first-order valence-corrected chi connectivity index (χ1v) is 4.88. The molecule has 1 aliphatic rings. The molecule has 0 aromatic heterocycles. The highest BCUT2D eigenvalue weighted by molar-refractivity contribution is 6.02. The van der Waals surface area contributed by atoms with E-state index in [4.69, 9.17) is 4.74 Å². The summed E-state index contributed by atoms with van der Waals surface area (Å²) in [5, 5.41) is 0. The van der Waals surface area contributed by atoms with Crippen molar-refractivity contribution in [2.45, 2.75) is 19.8 Å². The maximum absolute atomic E-state index is 11.8. The number of carbonyl (C=O) groups is 2. The number of rotatable bonds is 4. The van der Waals surface area contributed by atoms with E-state index in [0.717, 1.165) is 5.57 Å². The molecule has 1 atom stereocenters. The molecule has 4 nitrogen and oxygen atoms in total. The van der Waals surface area contributed by atoms with Gasteiger partial charge >= 0.3 is 5.97 Å². The maximum atomic E-state index is 11.8. The minimum atomic E-state index is -0.334. The lowest BCUT2D eigenvalue weighted by atomic mass is 10.00. The number of esters is 1. The van der Waals surface area contributed by atoms with Crippen molar-refractivity contribution >= 4 is 11.8 Å². The van der Waals surface area contributed by atoms with Crippen molar-refractivity contribution < 1.29 is 19.1 Å². The highest BCUT2D eigenvalue weighted by Gasteiger charge is 2.32. The molecule has 1 rings (SSSR count). The largest absolute Gasteiger partial charge is 0.469 e. The van der Waals surface area contributed by atoms with Crippen LogP contribution in [0.4, 0.5) is 0 Å². The van der Waals surface area contributed by atoms with Gasteiger partial charge in [-0.25, -0.2) is 0 Å². The van der Waals surface area contributed by atoms with Crippen LogP contribution in [-0.4, -0.2) is 32.6 Å². The molecule has 0 heterocycles.